The fraction of sp³-hybridized carbons (Fsp3) is 0.333. The third-order valence-corrected chi connectivity index (χ3v) is 5.39. The predicted octanol–water partition coefficient (Wildman–Crippen LogP) is 5.83. The number of benzene rings is 2. The summed E-state index contributed by atoms with van der Waals surface area (Å²) in [5.74, 6) is -4.17. The van der Waals surface area contributed by atoms with Gasteiger partial charge < -0.3 is 14.6 Å². The molecular formula is C24H23F4NO5. The number of unbranched alkanes of at least 4 members (excludes halogenated alkanes) is 1. The van der Waals surface area contributed by atoms with Gasteiger partial charge in [0.2, 0.25) is 0 Å². The molecule has 0 aliphatic rings. The number of hydrogen-bond acceptors (Lipinski definition) is 5. The van der Waals surface area contributed by atoms with Gasteiger partial charge in [-0.1, -0.05) is 13.3 Å². The highest BCUT2D eigenvalue weighted by molar-refractivity contribution is 6.05. The molecule has 3 aromatic rings. The quantitative estimate of drug-likeness (QED) is 0.261. The van der Waals surface area contributed by atoms with Crippen LogP contribution in [-0.4, -0.2) is 34.5 Å². The van der Waals surface area contributed by atoms with Gasteiger partial charge in [0.15, 0.2) is 11.6 Å². The van der Waals surface area contributed by atoms with Crippen LogP contribution in [0.4, 0.5) is 17.6 Å². The Labute approximate surface area is 192 Å². The van der Waals surface area contributed by atoms with Crippen LogP contribution in [-0.2, 0) is 9.53 Å². The van der Waals surface area contributed by atoms with Crippen LogP contribution < -0.4 is 4.74 Å². The molecule has 1 heterocycles. The van der Waals surface area contributed by atoms with Crippen LogP contribution in [0.25, 0.3) is 10.9 Å². The molecule has 0 unspecified atom stereocenters. The number of nitrogens with zero attached hydrogens (tertiary/aromatic N) is 1. The van der Waals surface area contributed by atoms with Crippen molar-refractivity contribution in [2.24, 2.45) is 0 Å². The zero-order chi connectivity index (χ0) is 25.2. The first-order valence-electron chi connectivity index (χ1n) is 10.5. The van der Waals surface area contributed by atoms with E-state index in [0.717, 1.165) is 47.4 Å². The van der Waals surface area contributed by atoms with Gasteiger partial charge >= 0.3 is 12.3 Å². The van der Waals surface area contributed by atoms with Crippen LogP contribution in [0.15, 0.2) is 36.4 Å². The molecule has 6 nitrogen and oxygen atoms in total. The van der Waals surface area contributed by atoms with E-state index in [1.54, 1.807) is 13.8 Å². The van der Waals surface area contributed by atoms with Gasteiger partial charge in [0.1, 0.15) is 5.75 Å². The Bertz CT molecular complexity index is 1220. The van der Waals surface area contributed by atoms with Gasteiger partial charge in [0, 0.05) is 22.7 Å². The Morgan fingerprint density at radius 2 is 1.79 bits per heavy atom. The van der Waals surface area contributed by atoms with Crippen molar-refractivity contribution >= 4 is 22.8 Å². The van der Waals surface area contributed by atoms with Crippen molar-refractivity contribution in [3.63, 3.8) is 0 Å². The fourth-order valence-corrected chi connectivity index (χ4v) is 3.74. The number of phenolic OH excluding ortho intramolecular Hbond substituents is 1. The normalized spacial score (nSPS) is 12.6. The number of halogens is 4. The number of carbonyl (C=O) groups is 2. The van der Waals surface area contributed by atoms with Crippen LogP contribution in [0.3, 0.4) is 0 Å². The van der Waals surface area contributed by atoms with E-state index in [4.69, 9.17) is 4.74 Å². The van der Waals surface area contributed by atoms with E-state index in [1.165, 1.54) is 0 Å². The highest BCUT2D eigenvalue weighted by Gasteiger charge is 2.31. The maximum atomic E-state index is 14.2. The van der Waals surface area contributed by atoms with Gasteiger partial charge in [-0.05, 0) is 56.2 Å². The second-order valence-electron chi connectivity index (χ2n) is 7.78. The lowest BCUT2D eigenvalue weighted by Crippen LogP contribution is -2.18. The van der Waals surface area contributed by atoms with Crippen LogP contribution in [0, 0.1) is 12.7 Å². The molecule has 0 radical (unpaired) electrons. The van der Waals surface area contributed by atoms with Gasteiger partial charge in [0.25, 0.3) is 5.91 Å². The summed E-state index contributed by atoms with van der Waals surface area (Å²) in [7, 11) is 0. The van der Waals surface area contributed by atoms with E-state index in [2.05, 4.69) is 4.74 Å². The third-order valence-electron chi connectivity index (χ3n) is 5.39. The molecule has 10 heteroatoms. The lowest BCUT2D eigenvalue weighted by molar-refractivity contribution is -0.274. The third kappa shape index (κ3) is 5.16. The minimum absolute atomic E-state index is 0.00716. The van der Waals surface area contributed by atoms with Crippen molar-refractivity contribution < 1.29 is 41.7 Å². The zero-order valence-electron chi connectivity index (χ0n) is 18.7. The van der Waals surface area contributed by atoms with Crippen molar-refractivity contribution in [2.75, 3.05) is 6.61 Å². The summed E-state index contributed by atoms with van der Waals surface area (Å²) >= 11 is 0. The average Bonchev–Trinajstić information content (AvgIpc) is 3.03. The number of rotatable bonds is 7. The van der Waals surface area contributed by atoms with E-state index in [-0.39, 0.29) is 23.1 Å². The van der Waals surface area contributed by atoms with Gasteiger partial charge in [-0.15, -0.1) is 13.2 Å². The Kier molecular flexibility index (Phi) is 7.18. The summed E-state index contributed by atoms with van der Waals surface area (Å²) in [5.41, 5.74) is 0.780. The standard InChI is InChI=1S/C24H23F4NO5/c1-4-5-10-33-23(32)13(2)21-14(3)29(19-12-18(25)20(30)11-17(19)21)22(31)15-6-8-16(9-7-15)34-24(26,27)28/h6-9,11-13,30H,4-5,10H2,1-3H3/t13-/m0/s1. The second kappa shape index (κ2) is 9.74. The average molecular weight is 481 g/mol. The number of aromatic hydroxyl groups is 1. The number of phenols is 1. The molecule has 3 rings (SSSR count). The fourth-order valence-electron chi connectivity index (χ4n) is 3.74. The Balaban J connectivity index is 2.07. The first kappa shape index (κ1) is 25.1. The lowest BCUT2D eigenvalue weighted by atomic mass is 9.98. The first-order valence-corrected chi connectivity index (χ1v) is 10.5. The number of hydrogen-bond donors (Lipinski definition) is 1. The van der Waals surface area contributed by atoms with E-state index in [0.29, 0.717) is 17.7 Å². The zero-order valence-corrected chi connectivity index (χ0v) is 18.7. The molecular weight excluding hydrogens is 458 g/mol. The Morgan fingerprint density at radius 1 is 1.15 bits per heavy atom. The molecule has 0 bridgehead atoms. The monoisotopic (exact) mass is 481 g/mol. The maximum absolute atomic E-state index is 14.2. The van der Waals surface area contributed by atoms with Gasteiger partial charge in [-0.2, -0.15) is 0 Å². The van der Waals surface area contributed by atoms with E-state index < -0.39 is 41.5 Å². The highest BCUT2D eigenvalue weighted by atomic mass is 19.4. The number of carbonyl (C=O) groups excluding carboxylic acids is 2. The Morgan fingerprint density at radius 3 is 2.38 bits per heavy atom. The molecule has 0 aliphatic carbocycles. The smallest absolute Gasteiger partial charge is 0.505 e. The molecule has 0 aliphatic heterocycles. The predicted molar refractivity (Wildman–Crippen MR) is 115 cm³/mol. The molecule has 0 fully saturated rings. The molecule has 0 saturated carbocycles. The van der Waals surface area contributed by atoms with E-state index in [9.17, 15) is 32.3 Å². The number of aromatic nitrogens is 1. The summed E-state index contributed by atoms with van der Waals surface area (Å²) < 4.78 is 61.7. The molecule has 34 heavy (non-hydrogen) atoms. The molecule has 2 aromatic carbocycles. The first-order chi connectivity index (χ1) is 15.9. The molecule has 1 aromatic heterocycles. The summed E-state index contributed by atoms with van der Waals surface area (Å²) in [5, 5.41) is 10.2. The second-order valence-corrected chi connectivity index (χ2v) is 7.78. The molecule has 0 amide bonds. The summed E-state index contributed by atoms with van der Waals surface area (Å²) in [4.78, 5) is 25.9. The molecule has 182 valence electrons. The van der Waals surface area contributed by atoms with Crippen molar-refractivity contribution in [3.8, 4) is 11.5 Å². The molecule has 0 spiro atoms. The number of alkyl halides is 3. The highest BCUT2D eigenvalue weighted by Crippen LogP contribution is 2.36. The summed E-state index contributed by atoms with van der Waals surface area (Å²) in [6.07, 6.45) is -3.37. The maximum Gasteiger partial charge on any atom is 0.573 e. The van der Waals surface area contributed by atoms with Crippen molar-refractivity contribution in [1.82, 2.24) is 4.57 Å². The SMILES string of the molecule is CCCCOC(=O)[C@@H](C)c1c(C)n(C(=O)c2ccc(OC(F)(F)F)cc2)c2cc(F)c(O)cc12. The Hall–Kier alpha value is -3.56. The molecule has 0 saturated heterocycles. The largest absolute Gasteiger partial charge is 0.573 e. The minimum Gasteiger partial charge on any atom is -0.505 e. The van der Waals surface area contributed by atoms with E-state index in [1.807, 2.05) is 6.92 Å². The van der Waals surface area contributed by atoms with E-state index >= 15 is 0 Å². The van der Waals surface area contributed by atoms with Crippen LogP contribution in [0.5, 0.6) is 11.5 Å². The van der Waals surface area contributed by atoms with Crippen LogP contribution in [0.1, 0.15) is 54.2 Å². The molecule has 1 N–H and O–H groups in total. The lowest BCUT2D eigenvalue weighted by Gasteiger charge is -2.13. The van der Waals surface area contributed by atoms with Crippen molar-refractivity contribution in [3.05, 3.63) is 59.0 Å². The van der Waals surface area contributed by atoms with Gasteiger partial charge in [-0.25, -0.2) is 4.39 Å². The van der Waals surface area contributed by atoms with Gasteiger partial charge in [-0.3, -0.25) is 14.2 Å². The number of fused-ring (bicyclic) bond motifs is 1. The summed E-state index contributed by atoms with van der Waals surface area (Å²) in [6.45, 7) is 5.30. The topological polar surface area (TPSA) is 77.8 Å². The van der Waals surface area contributed by atoms with Crippen molar-refractivity contribution in [2.45, 2.75) is 45.9 Å². The minimum atomic E-state index is -4.88. The van der Waals surface area contributed by atoms with Crippen LogP contribution >= 0.6 is 0 Å². The summed E-state index contributed by atoms with van der Waals surface area (Å²) in [6, 6.07) is 6.37. The number of esters is 1. The van der Waals surface area contributed by atoms with Gasteiger partial charge in [0.05, 0.1) is 18.0 Å². The number of ether oxygens (including phenoxy) is 2. The molecule has 1 atom stereocenters. The van der Waals surface area contributed by atoms with Crippen molar-refractivity contribution in [1.29, 1.82) is 0 Å². The van der Waals surface area contributed by atoms with Crippen LogP contribution in [0.2, 0.25) is 0 Å².